The molecule has 0 atom stereocenters. The molecule has 6 nitrogen and oxygen atoms in total. The molecular weight excluding hydrogens is 418 g/mol. The molecule has 0 fully saturated rings. The number of para-hydroxylation sites is 2. The first-order chi connectivity index (χ1) is 14.0. The Morgan fingerprint density at radius 2 is 1.90 bits per heavy atom. The molecule has 1 aromatic carbocycles. The quantitative estimate of drug-likeness (QED) is 0.749. The number of nitrogens with one attached hydrogen (secondary N) is 1. The van der Waals surface area contributed by atoms with E-state index in [-0.39, 0.29) is 19.2 Å². The first kappa shape index (κ1) is 21.2. The van der Waals surface area contributed by atoms with Gasteiger partial charge in [-0.3, -0.25) is 4.79 Å². The van der Waals surface area contributed by atoms with Gasteiger partial charge in [0, 0.05) is 0 Å². The van der Waals surface area contributed by atoms with Crippen LogP contribution in [0.25, 0.3) is 0 Å². The number of nitrogens with zero attached hydrogens (tertiary/aromatic N) is 3. The largest absolute Gasteiger partial charge is 0.490 e. The summed E-state index contributed by atoms with van der Waals surface area (Å²) in [5, 5.41) is 11.2. The maximum absolute atomic E-state index is 13.2. The summed E-state index contributed by atoms with van der Waals surface area (Å²) in [5.74, 6) is -1.22. The van der Waals surface area contributed by atoms with Gasteiger partial charge in [-0.2, -0.15) is 31.6 Å². The van der Waals surface area contributed by atoms with Gasteiger partial charge in [-0.15, -0.1) is 0 Å². The summed E-state index contributed by atoms with van der Waals surface area (Å²) in [6.45, 7) is -0.396. The number of anilines is 2. The van der Waals surface area contributed by atoms with Gasteiger partial charge in [-0.05, 0) is 18.2 Å². The number of pyridine rings is 1. The molecule has 0 spiro atoms. The summed E-state index contributed by atoms with van der Waals surface area (Å²) in [7, 11) is 0. The monoisotopic (exact) mass is 430 g/mol. The molecule has 3 rings (SSSR count). The molecule has 0 saturated carbocycles. The smallest absolute Gasteiger partial charge is 0.433 e. The number of rotatable bonds is 3. The molecule has 0 unspecified atom stereocenters. The molecule has 2 heterocycles. The summed E-state index contributed by atoms with van der Waals surface area (Å²) >= 11 is 0. The van der Waals surface area contributed by atoms with Crippen LogP contribution in [0.3, 0.4) is 0 Å². The standard InChI is InChI=1S/C18H12F6N4O2/c19-17(20,21)11-7-14(18(22,23)24)27-16(10(11)8-25)26-9-15(29)28-5-6-30-13-4-2-1-3-12(13)28/h1-4,7H,5-6,9H2,(H,26,27). The highest BCUT2D eigenvalue weighted by atomic mass is 19.4. The van der Waals surface area contributed by atoms with Gasteiger partial charge in [0.25, 0.3) is 0 Å². The number of ether oxygens (including phenoxy) is 1. The number of amides is 1. The molecule has 158 valence electrons. The van der Waals surface area contributed by atoms with Gasteiger partial charge in [0.15, 0.2) is 0 Å². The van der Waals surface area contributed by atoms with E-state index >= 15 is 0 Å². The van der Waals surface area contributed by atoms with Crippen LogP contribution in [0.5, 0.6) is 5.75 Å². The molecule has 0 saturated heterocycles. The van der Waals surface area contributed by atoms with Crippen molar-refractivity contribution in [3.63, 3.8) is 0 Å². The van der Waals surface area contributed by atoms with Crippen LogP contribution < -0.4 is 15.0 Å². The summed E-state index contributed by atoms with van der Waals surface area (Å²) in [4.78, 5) is 16.9. The minimum absolute atomic E-state index is 0.131. The van der Waals surface area contributed by atoms with Gasteiger partial charge in [0.1, 0.15) is 35.5 Å². The fraction of sp³-hybridized carbons (Fsp3) is 0.278. The Bertz CT molecular complexity index is 1010. The zero-order chi connectivity index (χ0) is 22.1. The van der Waals surface area contributed by atoms with Crippen molar-refractivity contribution in [2.75, 3.05) is 29.9 Å². The Morgan fingerprint density at radius 1 is 1.20 bits per heavy atom. The highest BCUT2D eigenvalue weighted by Gasteiger charge is 2.41. The number of halogens is 6. The highest BCUT2D eigenvalue weighted by molar-refractivity contribution is 5.97. The number of aromatic nitrogens is 1. The maximum Gasteiger partial charge on any atom is 0.433 e. The summed E-state index contributed by atoms with van der Waals surface area (Å²) in [5.41, 5.74) is -4.35. The number of alkyl halides is 6. The molecule has 0 radical (unpaired) electrons. The highest BCUT2D eigenvalue weighted by Crippen LogP contribution is 2.38. The van der Waals surface area contributed by atoms with E-state index in [0.29, 0.717) is 11.4 Å². The van der Waals surface area contributed by atoms with Gasteiger partial charge in [-0.25, -0.2) is 4.98 Å². The number of fused-ring (bicyclic) bond motifs is 1. The predicted octanol–water partition coefficient (Wildman–Crippen LogP) is 3.83. The molecule has 12 heteroatoms. The second kappa shape index (κ2) is 7.74. The molecule has 0 aliphatic carbocycles. The first-order valence-corrected chi connectivity index (χ1v) is 8.38. The third-order valence-corrected chi connectivity index (χ3v) is 4.16. The summed E-state index contributed by atoms with van der Waals surface area (Å²) in [6.07, 6.45) is -10.4. The lowest BCUT2D eigenvalue weighted by Gasteiger charge is -2.29. The Morgan fingerprint density at radius 3 is 2.53 bits per heavy atom. The van der Waals surface area contributed by atoms with E-state index in [1.54, 1.807) is 24.3 Å². The summed E-state index contributed by atoms with van der Waals surface area (Å²) in [6, 6.07) is 7.48. The lowest BCUT2D eigenvalue weighted by molar-refractivity contribution is -0.145. The van der Waals surface area contributed by atoms with E-state index in [0.717, 1.165) is 0 Å². The number of hydrogen-bond acceptors (Lipinski definition) is 5. The Hall–Kier alpha value is -3.49. The van der Waals surface area contributed by atoms with Crippen LogP contribution in [-0.2, 0) is 17.1 Å². The van der Waals surface area contributed by atoms with Crippen LogP contribution in [-0.4, -0.2) is 30.6 Å². The van der Waals surface area contributed by atoms with E-state index < -0.39 is 47.4 Å². The second-order valence-corrected chi connectivity index (χ2v) is 6.10. The fourth-order valence-corrected chi connectivity index (χ4v) is 2.84. The van der Waals surface area contributed by atoms with Crippen molar-refractivity contribution in [3.8, 4) is 11.8 Å². The van der Waals surface area contributed by atoms with Gasteiger partial charge < -0.3 is 15.0 Å². The van der Waals surface area contributed by atoms with Gasteiger partial charge in [-0.1, -0.05) is 12.1 Å². The molecule has 1 N–H and O–H groups in total. The molecule has 0 bridgehead atoms. The number of nitriles is 1. The van der Waals surface area contributed by atoms with Crippen molar-refractivity contribution >= 4 is 17.4 Å². The molecule has 1 amide bonds. The normalized spacial score (nSPS) is 13.8. The van der Waals surface area contributed by atoms with E-state index in [4.69, 9.17) is 10.00 Å². The Labute approximate surface area is 165 Å². The van der Waals surface area contributed by atoms with Crippen molar-refractivity contribution in [1.29, 1.82) is 5.26 Å². The summed E-state index contributed by atoms with van der Waals surface area (Å²) < 4.78 is 83.9. The van der Waals surface area contributed by atoms with E-state index in [1.165, 1.54) is 11.0 Å². The first-order valence-electron chi connectivity index (χ1n) is 8.38. The minimum atomic E-state index is -5.22. The maximum atomic E-state index is 13.2. The van der Waals surface area contributed by atoms with Gasteiger partial charge in [0.05, 0.1) is 24.3 Å². The minimum Gasteiger partial charge on any atom is -0.490 e. The number of benzene rings is 1. The molecule has 30 heavy (non-hydrogen) atoms. The number of hydrogen-bond donors (Lipinski definition) is 1. The van der Waals surface area contributed by atoms with Crippen molar-refractivity contribution in [1.82, 2.24) is 4.98 Å². The topological polar surface area (TPSA) is 78.2 Å². The van der Waals surface area contributed by atoms with Crippen molar-refractivity contribution in [2.24, 2.45) is 0 Å². The van der Waals surface area contributed by atoms with Gasteiger partial charge in [0.2, 0.25) is 5.91 Å². The Kier molecular flexibility index (Phi) is 5.47. The fourth-order valence-electron chi connectivity index (χ4n) is 2.84. The Balaban J connectivity index is 1.92. The lowest BCUT2D eigenvalue weighted by Crippen LogP contribution is -2.41. The molecule has 1 aliphatic rings. The van der Waals surface area contributed by atoms with Gasteiger partial charge >= 0.3 is 12.4 Å². The van der Waals surface area contributed by atoms with Crippen LogP contribution in [0, 0.1) is 11.3 Å². The van der Waals surface area contributed by atoms with Crippen LogP contribution in [0.4, 0.5) is 37.8 Å². The van der Waals surface area contributed by atoms with E-state index in [1.807, 2.05) is 0 Å². The average molecular weight is 430 g/mol. The SMILES string of the molecule is N#Cc1c(C(F)(F)F)cc(C(F)(F)F)nc1NCC(=O)N1CCOc2ccccc21. The second-order valence-electron chi connectivity index (χ2n) is 6.10. The van der Waals surface area contributed by atoms with Crippen molar-refractivity contribution in [2.45, 2.75) is 12.4 Å². The molecular formula is C18H12F6N4O2. The van der Waals surface area contributed by atoms with Crippen molar-refractivity contribution in [3.05, 3.63) is 47.2 Å². The van der Waals surface area contributed by atoms with Crippen LogP contribution >= 0.6 is 0 Å². The zero-order valence-electron chi connectivity index (χ0n) is 14.9. The number of carbonyl (C=O) groups is 1. The molecule has 1 aliphatic heterocycles. The van der Waals surface area contributed by atoms with Crippen LogP contribution in [0.1, 0.15) is 16.8 Å². The lowest BCUT2D eigenvalue weighted by atomic mass is 10.1. The van der Waals surface area contributed by atoms with Crippen LogP contribution in [0.2, 0.25) is 0 Å². The number of carbonyl (C=O) groups excluding carboxylic acids is 1. The van der Waals surface area contributed by atoms with Crippen LogP contribution in [0.15, 0.2) is 30.3 Å². The van der Waals surface area contributed by atoms with E-state index in [2.05, 4.69) is 10.3 Å². The third-order valence-electron chi connectivity index (χ3n) is 4.16. The average Bonchev–Trinajstić information content (AvgIpc) is 2.69. The zero-order valence-corrected chi connectivity index (χ0v) is 14.9. The molecule has 1 aromatic heterocycles. The van der Waals surface area contributed by atoms with E-state index in [9.17, 15) is 31.1 Å². The molecule has 2 aromatic rings. The predicted molar refractivity (Wildman–Crippen MR) is 91.7 cm³/mol. The third kappa shape index (κ3) is 4.24. The van der Waals surface area contributed by atoms with Crippen molar-refractivity contribution < 1.29 is 35.9 Å².